The lowest BCUT2D eigenvalue weighted by Gasteiger charge is -2.11. The molecule has 1 heterocycles. The SMILES string of the molecule is C#CCOc1c(I)cc(/C=N/NC(=O)c2nonc2N)cc1OC. The molecule has 1 aromatic carbocycles. The van der Waals surface area contributed by atoms with E-state index in [2.05, 4.69) is 54.0 Å². The Hall–Kier alpha value is -2.81. The first-order valence-corrected chi connectivity index (χ1v) is 7.50. The number of hydrogen-bond donors (Lipinski definition) is 2. The van der Waals surface area contributed by atoms with Crippen molar-refractivity contribution in [2.24, 2.45) is 5.10 Å². The second-order valence-corrected chi connectivity index (χ2v) is 5.39. The van der Waals surface area contributed by atoms with Crippen molar-refractivity contribution in [1.82, 2.24) is 15.7 Å². The molecule has 0 bridgehead atoms. The fourth-order valence-corrected chi connectivity index (χ4v) is 2.42. The van der Waals surface area contributed by atoms with Crippen LogP contribution in [0.2, 0.25) is 0 Å². The Morgan fingerprint density at radius 1 is 1.58 bits per heavy atom. The monoisotopic (exact) mass is 441 g/mol. The summed E-state index contributed by atoms with van der Waals surface area (Å²) in [4.78, 5) is 11.7. The first-order valence-electron chi connectivity index (χ1n) is 6.42. The Morgan fingerprint density at radius 3 is 3.00 bits per heavy atom. The molecule has 2 rings (SSSR count). The third-order valence-corrected chi connectivity index (χ3v) is 3.46. The van der Waals surface area contributed by atoms with Gasteiger partial charge < -0.3 is 15.2 Å². The van der Waals surface area contributed by atoms with Gasteiger partial charge in [-0.3, -0.25) is 4.79 Å². The molecule has 0 saturated heterocycles. The average molecular weight is 441 g/mol. The number of methoxy groups -OCH3 is 1. The lowest BCUT2D eigenvalue weighted by molar-refractivity contribution is 0.0946. The summed E-state index contributed by atoms with van der Waals surface area (Å²) in [6, 6.07) is 3.48. The molecular formula is C14H12IN5O4. The number of rotatable bonds is 6. The number of nitrogen functional groups attached to an aromatic ring is 1. The van der Waals surface area contributed by atoms with Crippen LogP contribution >= 0.6 is 22.6 Å². The van der Waals surface area contributed by atoms with E-state index in [9.17, 15) is 4.79 Å². The molecule has 0 radical (unpaired) electrons. The van der Waals surface area contributed by atoms with E-state index in [1.54, 1.807) is 12.1 Å². The van der Waals surface area contributed by atoms with Crippen molar-refractivity contribution in [3.63, 3.8) is 0 Å². The third kappa shape index (κ3) is 4.13. The number of halogens is 1. The largest absolute Gasteiger partial charge is 0.493 e. The van der Waals surface area contributed by atoms with Crippen LogP contribution in [0.3, 0.4) is 0 Å². The van der Waals surface area contributed by atoms with E-state index in [0.29, 0.717) is 17.1 Å². The molecule has 24 heavy (non-hydrogen) atoms. The first-order chi connectivity index (χ1) is 11.6. The van der Waals surface area contributed by atoms with Gasteiger partial charge in [0, 0.05) is 0 Å². The number of amides is 1. The van der Waals surface area contributed by atoms with Gasteiger partial charge in [0.2, 0.25) is 11.5 Å². The van der Waals surface area contributed by atoms with Crippen LogP contribution in [0.1, 0.15) is 16.1 Å². The molecule has 1 aromatic heterocycles. The van der Waals surface area contributed by atoms with E-state index >= 15 is 0 Å². The minimum atomic E-state index is -0.638. The van der Waals surface area contributed by atoms with Crippen LogP contribution in [0.25, 0.3) is 0 Å². The molecule has 0 aliphatic carbocycles. The van der Waals surface area contributed by atoms with Crippen molar-refractivity contribution in [2.75, 3.05) is 19.5 Å². The van der Waals surface area contributed by atoms with Crippen molar-refractivity contribution in [1.29, 1.82) is 0 Å². The average Bonchev–Trinajstić information content (AvgIpc) is 2.99. The molecule has 0 aliphatic heterocycles. The van der Waals surface area contributed by atoms with Crippen LogP contribution < -0.4 is 20.6 Å². The Labute approximate surface area is 150 Å². The molecule has 0 fully saturated rings. The Balaban J connectivity index is 2.12. The molecule has 1 amide bonds. The van der Waals surface area contributed by atoms with Gasteiger partial charge in [-0.25, -0.2) is 10.1 Å². The van der Waals surface area contributed by atoms with Crippen molar-refractivity contribution in [3.05, 3.63) is 27.0 Å². The molecule has 0 spiro atoms. The molecule has 9 nitrogen and oxygen atoms in total. The standard InChI is InChI=1S/C14H12IN5O4/c1-3-4-23-12-9(15)5-8(6-10(12)22-2)7-17-18-14(21)11-13(16)20-24-19-11/h1,5-7H,4H2,2H3,(H2,16,20)(H,18,21)/b17-7+. The summed E-state index contributed by atoms with van der Waals surface area (Å²) in [5.41, 5.74) is 8.22. The van der Waals surface area contributed by atoms with Crippen molar-refractivity contribution in [3.8, 4) is 23.8 Å². The molecule has 10 heteroatoms. The zero-order valence-corrected chi connectivity index (χ0v) is 14.6. The second kappa shape index (κ2) is 8.16. The number of anilines is 1. The van der Waals surface area contributed by atoms with Gasteiger partial charge in [0.1, 0.15) is 6.61 Å². The summed E-state index contributed by atoms with van der Waals surface area (Å²) >= 11 is 2.08. The highest BCUT2D eigenvalue weighted by molar-refractivity contribution is 14.1. The van der Waals surface area contributed by atoms with E-state index in [1.807, 2.05) is 0 Å². The number of nitrogens with two attached hydrogens (primary N) is 1. The topological polar surface area (TPSA) is 125 Å². The van der Waals surface area contributed by atoms with Gasteiger partial charge in [0.25, 0.3) is 5.91 Å². The number of nitrogens with zero attached hydrogens (tertiary/aromatic N) is 3. The smallest absolute Gasteiger partial charge is 0.297 e. The number of ether oxygens (including phenoxy) is 2. The van der Waals surface area contributed by atoms with E-state index in [0.717, 1.165) is 3.57 Å². The molecule has 0 atom stereocenters. The highest BCUT2D eigenvalue weighted by Gasteiger charge is 2.15. The lowest BCUT2D eigenvalue weighted by Crippen LogP contribution is -2.19. The normalized spacial score (nSPS) is 10.4. The van der Waals surface area contributed by atoms with Crippen molar-refractivity contribution < 1.29 is 18.9 Å². The van der Waals surface area contributed by atoms with Gasteiger partial charge in [-0.05, 0) is 50.6 Å². The summed E-state index contributed by atoms with van der Waals surface area (Å²) in [6.07, 6.45) is 6.62. The molecule has 3 N–H and O–H groups in total. The number of hydrazone groups is 1. The summed E-state index contributed by atoms with van der Waals surface area (Å²) in [5, 5.41) is 10.5. The molecule has 0 saturated carbocycles. The molecular weight excluding hydrogens is 429 g/mol. The minimum absolute atomic E-state index is 0.117. The molecule has 0 unspecified atom stereocenters. The van der Waals surface area contributed by atoms with Crippen LogP contribution in [-0.4, -0.2) is 36.2 Å². The minimum Gasteiger partial charge on any atom is -0.493 e. The zero-order chi connectivity index (χ0) is 17.5. The molecule has 2 aromatic rings. The molecule has 124 valence electrons. The Morgan fingerprint density at radius 2 is 2.38 bits per heavy atom. The van der Waals surface area contributed by atoms with Crippen LogP contribution in [0.4, 0.5) is 5.82 Å². The van der Waals surface area contributed by atoms with Gasteiger partial charge in [0.15, 0.2) is 11.5 Å². The fourth-order valence-electron chi connectivity index (χ4n) is 1.64. The fraction of sp³-hybridized carbons (Fsp3) is 0.143. The first kappa shape index (κ1) is 17.5. The molecule has 0 aliphatic rings. The van der Waals surface area contributed by atoms with Gasteiger partial charge in [-0.1, -0.05) is 5.92 Å². The summed E-state index contributed by atoms with van der Waals surface area (Å²) in [6.45, 7) is 0.128. The maximum absolute atomic E-state index is 11.7. The number of carbonyl (C=O) groups is 1. The van der Waals surface area contributed by atoms with Crippen molar-refractivity contribution >= 4 is 40.5 Å². The summed E-state index contributed by atoms with van der Waals surface area (Å²) < 4.78 is 15.8. The number of carbonyl (C=O) groups excluding carboxylic acids is 1. The lowest BCUT2D eigenvalue weighted by atomic mass is 10.2. The Kier molecular flexibility index (Phi) is 5.96. The number of terminal acetylenes is 1. The van der Waals surface area contributed by atoms with E-state index in [-0.39, 0.29) is 18.1 Å². The number of hydrogen-bond acceptors (Lipinski definition) is 8. The predicted octanol–water partition coefficient (Wildman–Crippen LogP) is 1.04. The zero-order valence-electron chi connectivity index (χ0n) is 12.4. The van der Waals surface area contributed by atoms with Gasteiger partial charge in [-0.2, -0.15) is 5.10 Å². The van der Waals surface area contributed by atoms with Gasteiger partial charge in [0.05, 0.1) is 16.9 Å². The third-order valence-electron chi connectivity index (χ3n) is 2.66. The van der Waals surface area contributed by atoms with Gasteiger partial charge >= 0.3 is 0 Å². The number of nitrogens with one attached hydrogen (secondary N) is 1. The summed E-state index contributed by atoms with van der Waals surface area (Å²) in [5.74, 6) is 2.67. The highest BCUT2D eigenvalue weighted by Crippen LogP contribution is 2.33. The Bertz CT molecular complexity index is 812. The van der Waals surface area contributed by atoms with Crippen LogP contribution in [0.5, 0.6) is 11.5 Å². The number of benzene rings is 1. The quantitative estimate of drug-likeness (QED) is 0.297. The van der Waals surface area contributed by atoms with E-state index < -0.39 is 5.91 Å². The maximum Gasteiger partial charge on any atom is 0.297 e. The van der Waals surface area contributed by atoms with E-state index in [1.165, 1.54) is 13.3 Å². The predicted molar refractivity (Wildman–Crippen MR) is 93.8 cm³/mol. The van der Waals surface area contributed by atoms with Crippen molar-refractivity contribution in [2.45, 2.75) is 0 Å². The number of aromatic nitrogens is 2. The summed E-state index contributed by atoms with van der Waals surface area (Å²) in [7, 11) is 1.51. The van der Waals surface area contributed by atoms with Crippen LogP contribution in [0.15, 0.2) is 21.9 Å². The highest BCUT2D eigenvalue weighted by atomic mass is 127. The van der Waals surface area contributed by atoms with Crippen LogP contribution in [0, 0.1) is 15.9 Å². The van der Waals surface area contributed by atoms with E-state index in [4.69, 9.17) is 21.6 Å². The van der Waals surface area contributed by atoms with Gasteiger partial charge in [-0.15, -0.1) is 6.42 Å². The second-order valence-electron chi connectivity index (χ2n) is 4.22. The van der Waals surface area contributed by atoms with Crippen LogP contribution in [-0.2, 0) is 0 Å². The maximum atomic E-state index is 11.7.